The van der Waals surface area contributed by atoms with E-state index in [1.165, 1.54) is 5.56 Å². The number of benzene rings is 2. The van der Waals surface area contributed by atoms with Gasteiger partial charge in [-0.1, -0.05) is 48.9 Å². The highest BCUT2D eigenvalue weighted by atomic mass is 16.2. The van der Waals surface area contributed by atoms with Crippen LogP contribution in [0.25, 0.3) is 0 Å². The van der Waals surface area contributed by atoms with Crippen LogP contribution in [0, 0.1) is 12.8 Å². The van der Waals surface area contributed by atoms with Crippen LogP contribution in [0.2, 0.25) is 0 Å². The van der Waals surface area contributed by atoms with Gasteiger partial charge in [-0.2, -0.15) is 5.10 Å². The molecule has 5 nitrogen and oxygen atoms in total. The molecule has 0 saturated carbocycles. The minimum atomic E-state index is -0.386. The molecule has 1 fully saturated rings. The molecule has 0 aromatic heterocycles. The number of nitrogens with zero attached hydrogens (tertiary/aromatic N) is 2. The van der Waals surface area contributed by atoms with Crippen LogP contribution in [0.5, 0.6) is 0 Å². The maximum Gasteiger partial charge on any atom is 0.245 e. The zero-order valence-corrected chi connectivity index (χ0v) is 15.1. The maximum absolute atomic E-state index is 12.3. The molecule has 1 aliphatic rings. The summed E-state index contributed by atoms with van der Waals surface area (Å²) in [5, 5.41) is 4.02. The number of carbonyl (C=O) groups is 2. The molecule has 1 unspecified atom stereocenters. The van der Waals surface area contributed by atoms with Crippen LogP contribution in [0.4, 0.5) is 5.69 Å². The highest BCUT2D eigenvalue weighted by Gasteiger charge is 2.35. The average Bonchev–Trinajstić information content (AvgIpc) is 3.05. The third-order valence-electron chi connectivity index (χ3n) is 4.62. The Bertz CT molecular complexity index is 810. The van der Waals surface area contributed by atoms with Crippen LogP contribution in [0.3, 0.4) is 0 Å². The molecular formula is C21H23N3O2. The van der Waals surface area contributed by atoms with Crippen LogP contribution in [0.1, 0.15) is 30.0 Å². The van der Waals surface area contributed by atoms with E-state index >= 15 is 0 Å². The second-order valence-corrected chi connectivity index (χ2v) is 6.57. The van der Waals surface area contributed by atoms with Crippen LogP contribution in [0.15, 0.2) is 53.6 Å². The van der Waals surface area contributed by atoms with Crippen molar-refractivity contribution in [3.63, 3.8) is 0 Å². The highest BCUT2D eigenvalue weighted by Crippen LogP contribution is 2.25. The standard InChI is InChI=1S/C21H23N3O2/c1-3-16-6-8-17(9-7-16)13-22-23-21(26)18-12-20(25)24(14-18)19-10-4-15(2)5-11-19/h4-11,13,18H,3,12,14H2,1-2H3,(H,23,26)/b22-13-. The molecule has 2 amide bonds. The summed E-state index contributed by atoms with van der Waals surface area (Å²) in [6, 6.07) is 15.8. The van der Waals surface area contributed by atoms with Crippen molar-refractivity contribution in [3.05, 3.63) is 65.2 Å². The summed E-state index contributed by atoms with van der Waals surface area (Å²) in [6.45, 7) is 4.49. The number of nitrogens with one attached hydrogen (secondary N) is 1. The van der Waals surface area contributed by atoms with E-state index in [2.05, 4.69) is 17.5 Å². The van der Waals surface area contributed by atoms with Gasteiger partial charge >= 0.3 is 0 Å². The van der Waals surface area contributed by atoms with Gasteiger partial charge in [0.05, 0.1) is 12.1 Å². The number of hydrazone groups is 1. The van der Waals surface area contributed by atoms with Crippen molar-refractivity contribution >= 4 is 23.7 Å². The van der Waals surface area contributed by atoms with Crippen LogP contribution in [-0.4, -0.2) is 24.6 Å². The van der Waals surface area contributed by atoms with Gasteiger partial charge in [0.25, 0.3) is 0 Å². The topological polar surface area (TPSA) is 61.8 Å². The Morgan fingerprint density at radius 2 is 1.88 bits per heavy atom. The normalized spacial score (nSPS) is 17.1. The van der Waals surface area contributed by atoms with E-state index in [-0.39, 0.29) is 24.2 Å². The zero-order valence-electron chi connectivity index (χ0n) is 15.1. The smallest absolute Gasteiger partial charge is 0.245 e. The van der Waals surface area contributed by atoms with Crippen molar-refractivity contribution in [2.75, 3.05) is 11.4 Å². The summed E-state index contributed by atoms with van der Waals surface area (Å²) >= 11 is 0. The van der Waals surface area contributed by atoms with Gasteiger partial charge < -0.3 is 4.90 Å². The van der Waals surface area contributed by atoms with Gasteiger partial charge in [-0.3, -0.25) is 9.59 Å². The third-order valence-corrected chi connectivity index (χ3v) is 4.62. The van der Waals surface area contributed by atoms with Gasteiger partial charge in [-0.05, 0) is 36.6 Å². The quantitative estimate of drug-likeness (QED) is 0.666. The molecule has 1 saturated heterocycles. The number of aryl methyl sites for hydroxylation is 2. The second-order valence-electron chi connectivity index (χ2n) is 6.57. The Kier molecular flexibility index (Phi) is 5.46. The lowest BCUT2D eigenvalue weighted by Gasteiger charge is -2.16. The van der Waals surface area contributed by atoms with Crippen molar-refractivity contribution in [1.82, 2.24) is 5.43 Å². The average molecular weight is 349 g/mol. The summed E-state index contributed by atoms with van der Waals surface area (Å²) in [5.74, 6) is -0.647. The Hall–Kier alpha value is -2.95. The number of rotatable bonds is 5. The number of anilines is 1. The van der Waals surface area contributed by atoms with Crippen LogP contribution in [-0.2, 0) is 16.0 Å². The predicted octanol–water partition coefficient (Wildman–Crippen LogP) is 3.06. The lowest BCUT2D eigenvalue weighted by atomic mass is 10.1. The number of carbonyl (C=O) groups excluding carboxylic acids is 2. The molecule has 0 bridgehead atoms. The molecule has 3 rings (SSSR count). The molecule has 1 heterocycles. The van der Waals surface area contributed by atoms with Gasteiger partial charge in [-0.25, -0.2) is 5.43 Å². The Balaban J connectivity index is 1.57. The Morgan fingerprint density at radius 3 is 2.54 bits per heavy atom. The molecular weight excluding hydrogens is 326 g/mol. The SMILES string of the molecule is CCc1ccc(/C=N\NC(=O)C2CC(=O)N(c3ccc(C)cc3)C2)cc1. The first-order chi connectivity index (χ1) is 12.6. The van der Waals surface area contributed by atoms with E-state index in [1.54, 1.807) is 11.1 Å². The van der Waals surface area contributed by atoms with Gasteiger partial charge in [-0.15, -0.1) is 0 Å². The van der Waals surface area contributed by atoms with Gasteiger partial charge in [0.2, 0.25) is 11.8 Å². The summed E-state index contributed by atoms with van der Waals surface area (Å²) in [4.78, 5) is 26.2. The fourth-order valence-corrected chi connectivity index (χ4v) is 2.96. The van der Waals surface area contributed by atoms with Crippen molar-refractivity contribution in [1.29, 1.82) is 0 Å². The molecule has 1 N–H and O–H groups in total. The van der Waals surface area contributed by atoms with E-state index in [9.17, 15) is 9.59 Å². The van der Waals surface area contributed by atoms with Gasteiger partial charge in [0, 0.05) is 18.7 Å². The number of hydrogen-bond acceptors (Lipinski definition) is 3. The van der Waals surface area contributed by atoms with E-state index in [0.717, 1.165) is 23.2 Å². The zero-order chi connectivity index (χ0) is 18.5. The first-order valence-corrected chi connectivity index (χ1v) is 8.85. The van der Waals surface area contributed by atoms with E-state index < -0.39 is 0 Å². The minimum Gasteiger partial charge on any atom is -0.312 e. The number of amides is 2. The molecule has 5 heteroatoms. The Morgan fingerprint density at radius 1 is 1.19 bits per heavy atom. The minimum absolute atomic E-state index is 0.0341. The third kappa shape index (κ3) is 4.17. The second kappa shape index (κ2) is 7.95. The summed E-state index contributed by atoms with van der Waals surface area (Å²) in [7, 11) is 0. The van der Waals surface area contributed by atoms with Crippen LogP contribution >= 0.6 is 0 Å². The van der Waals surface area contributed by atoms with Gasteiger partial charge in [0.15, 0.2) is 0 Å². The Labute approximate surface area is 153 Å². The largest absolute Gasteiger partial charge is 0.312 e. The molecule has 2 aromatic rings. The molecule has 1 aliphatic heterocycles. The van der Waals surface area contributed by atoms with Crippen molar-refractivity contribution in [3.8, 4) is 0 Å². The fraction of sp³-hybridized carbons (Fsp3) is 0.286. The van der Waals surface area contributed by atoms with E-state index in [4.69, 9.17) is 0 Å². The molecule has 26 heavy (non-hydrogen) atoms. The molecule has 0 aliphatic carbocycles. The van der Waals surface area contributed by atoms with Crippen molar-refractivity contribution < 1.29 is 9.59 Å². The van der Waals surface area contributed by atoms with Crippen LogP contribution < -0.4 is 10.3 Å². The highest BCUT2D eigenvalue weighted by molar-refractivity contribution is 6.00. The lowest BCUT2D eigenvalue weighted by molar-refractivity contribution is -0.126. The summed E-state index contributed by atoms with van der Waals surface area (Å²) in [5.41, 5.74) is 6.70. The van der Waals surface area contributed by atoms with Gasteiger partial charge in [0.1, 0.15) is 0 Å². The summed E-state index contributed by atoms with van der Waals surface area (Å²) < 4.78 is 0. The molecule has 0 spiro atoms. The first kappa shape index (κ1) is 17.9. The van der Waals surface area contributed by atoms with E-state index in [0.29, 0.717) is 6.54 Å². The fourth-order valence-electron chi connectivity index (χ4n) is 2.96. The molecule has 134 valence electrons. The maximum atomic E-state index is 12.3. The lowest BCUT2D eigenvalue weighted by Crippen LogP contribution is -2.30. The van der Waals surface area contributed by atoms with Crippen molar-refractivity contribution in [2.45, 2.75) is 26.7 Å². The van der Waals surface area contributed by atoms with E-state index in [1.807, 2.05) is 55.5 Å². The summed E-state index contributed by atoms with van der Waals surface area (Å²) in [6.07, 6.45) is 2.81. The first-order valence-electron chi connectivity index (χ1n) is 8.85. The van der Waals surface area contributed by atoms with Crippen molar-refractivity contribution in [2.24, 2.45) is 11.0 Å². The molecule has 0 radical (unpaired) electrons. The number of hydrogen-bond donors (Lipinski definition) is 1. The molecule has 2 aromatic carbocycles. The monoisotopic (exact) mass is 349 g/mol. The molecule has 1 atom stereocenters. The predicted molar refractivity (Wildman–Crippen MR) is 103 cm³/mol.